The van der Waals surface area contributed by atoms with Gasteiger partial charge in [-0.15, -0.1) is 0 Å². The van der Waals surface area contributed by atoms with Gasteiger partial charge in [0.2, 0.25) is 0 Å². The van der Waals surface area contributed by atoms with Gasteiger partial charge in [0.05, 0.1) is 64.9 Å². The molecule has 4 aromatic heterocycles. The number of anilines is 4. The van der Waals surface area contributed by atoms with Crippen LogP contribution in [0.15, 0.2) is 81.7 Å². The van der Waals surface area contributed by atoms with Crippen LogP contribution >= 0.6 is 77.0 Å². The molecule has 0 aliphatic rings. The Bertz CT molecular complexity index is 4020. The van der Waals surface area contributed by atoms with Gasteiger partial charge in [-0.25, -0.2) is 74.2 Å². The normalized spacial score (nSPS) is 10.4. The van der Waals surface area contributed by atoms with Crippen LogP contribution in [0.5, 0.6) is 23.0 Å². The minimum atomic E-state index is -1.30. The summed E-state index contributed by atoms with van der Waals surface area (Å²) in [5, 5.41) is 0. The van der Waals surface area contributed by atoms with Crippen molar-refractivity contribution in [2.75, 3.05) is 79.8 Å². The number of benzene rings is 4. The molecule has 0 atom stereocenters. The van der Waals surface area contributed by atoms with Gasteiger partial charge in [0.1, 0.15) is 57.2 Å². The molecule has 88 heavy (non-hydrogen) atoms. The molecule has 0 bridgehead atoms. The van der Waals surface area contributed by atoms with Crippen molar-refractivity contribution >= 4 is 124 Å². The van der Waals surface area contributed by atoms with Gasteiger partial charge in [0.25, 0.3) is 0 Å². The third kappa shape index (κ3) is 15.3. The molecule has 4 heterocycles. The third-order valence-electron chi connectivity index (χ3n) is 11.6. The van der Waals surface area contributed by atoms with E-state index >= 15 is 0 Å². The summed E-state index contributed by atoms with van der Waals surface area (Å²) in [6, 6.07) is 17.2. The number of nitrogen functional groups attached to an aromatic ring is 4. The second-order valence-corrected chi connectivity index (χ2v) is 20.9. The summed E-state index contributed by atoms with van der Waals surface area (Å²) in [5.41, 5.74) is 18.3. The molecule has 0 fully saturated rings. The van der Waals surface area contributed by atoms with Gasteiger partial charge >= 0.3 is 23.9 Å². The maximum absolute atomic E-state index is 14.4. The van der Waals surface area contributed by atoms with Gasteiger partial charge in [-0.1, -0.05) is 34.1 Å². The molecular formula is C56H44Br2F8I2N8O12. The van der Waals surface area contributed by atoms with Gasteiger partial charge in [-0.05, 0) is 116 Å². The monoisotopic (exact) mass is 1580 g/mol. The molecule has 0 unspecified atom stereocenters. The molecule has 8 rings (SSSR count). The molecule has 0 spiro atoms. The highest BCUT2D eigenvalue weighted by Crippen LogP contribution is 2.40. The number of methoxy groups -OCH3 is 8. The Kier molecular flexibility index (Phi) is 24.8. The van der Waals surface area contributed by atoms with Crippen LogP contribution in [0.25, 0.3) is 45.0 Å². The molecule has 0 amide bonds. The van der Waals surface area contributed by atoms with Crippen molar-refractivity contribution in [2.24, 2.45) is 0 Å². The second-order valence-electron chi connectivity index (χ2n) is 16.7. The number of rotatable bonds is 12. The van der Waals surface area contributed by atoms with E-state index in [0.29, 0.717) is 10.0 Å². The van der Waals surface area contributed by atoms with Crippen LogP contribution in [0.1, 0.15) is 42.0 Å². The lowest BCUT2D eigenvalue weighted by Gasteiger charge is -2.13. The number of carbonyl (C=O) groups is 4. The Morgan fingerprint density at radius 2 is 0.739 bits per heavy atom. The average Bonchev–Trinajstić information content (AvgIpc) is 0.946. The Morgan fingerprint density at radius 3 is 1.10 bits per heavy atom. The highest BCUT2D eigenvalue weighted by Gasteiger charge is 2.30. The molecule has 8 aromatic rings. The van der Waals surface area contributed by atoms with E-state index in [4.69, 9.17) is 41.9 Å². The highest BCUT2D eigenvalue weighted by molar-refractivity contribution is 14.1. The van der Waals surface area contributed by atoms with Crippen molar-refractivity contribution in [3.05, 3.63) is 158 Å². The number of hydrogen-bond acceptors (Lipinski definition) is 20. The summed E-state index contributed by atoms with van der Waals surface area (Å²) in [7, 11) is 9.41. The first-order valence-electron chi connectivity index (χ1n) is 23.9. The first kappa shape index (κ1) is 70.4. The lowest BCUT2D eigenvalue weighted by atomic mass is 10.1. The smallest absolute Gasteiger partial charge is 0.360 e. The quantitative estimate of drug-likeness (QED) is 0.0290. The van der Waals surface area contributed by atoms with E-state index in [2.05, 4.69) is 93.3 Å². The van der Waals surface area contributed by atoms with Crippen LogP contribution in [0.3, 0.4) is 0 Å². The highest BCUT2D eigenvalue weighted by atomic mass is 127. The minimum Gasteiger partial charge on any atom is -0.492 e. The Labute approximate surface area is 538 Å². The van der Waals surface area contributed by atoms with E-state index in [1.807, 2.05) is 0 Å². The maximum Gasteiger partial charge on any atom is 0.360 e. The fraction of sp³-hybridized carbons (Fsp3) is 0.143. The van der Waals surface area contributed by atoms with E-state index in [-0.39, 0.29) is 76.3 Å². The molecule has 0 aliphatic carbocycles. The predicted octanol–water partition coefficient (Wildman–Crippen LogP) is 12.4. The Balaban J connectivity index is 0.000000214. The Morgan fingerprint density at radius 1 is 0.398 bits per heavy atom. The number of ether oxygens (including phenoxy) is 8. The number of pyridine rings is 4. The summed E-state index contributed by atoms with van der Waals surface area (Å²) < 4.78 is 152. The number of aromatic nitrogens is 4. The van der Waals surface area contributed by atoms with Crippen molar-refractivity contribution in [2.45, 2.75) is 0 Å². The zero-order valence-corrected chi connectivity index (χ0v) is 53.9. The van der Waals surface area contributed by atoms with Crippen molar-refractivity contribution in [1.29, 1.82) is 0 Å². The van der Waals surface area contributed by atoms with Gasteiger partial charge < -0.3 is 60.8 Å². The van der Waals surface area contributed by atoms with E-state index in [1.54, 1.807) is 46.9 Å². The van der Waals surface area contributed by atoms with Crippen LogP contribution in [-0.2, 0) is 18.9 Å². The van der Waals surface area contributed by atoms with E-state index < -0.39 is 110 Å². The van der Waals surface area contributed by atoms with E-state index in [1.165, 1.54) is 58.8 Å². The molecule has 0 saturated carbocycles. The van der Waals surface area contributed by atoms with Gasteiger partial charge in [0, 0.05) is 30.3 Å². The zero-order chi connectivity index (χ0) is 65.8. The largest absolute Gasteiger partial charge is 0.492 e. The zero-order valence-electron chi connectivity index (χ0n) is 46.5. The van der Waals surface area contributed by atoms with Crippen molar-refractivity contribution < 1.29 is 92.2 Å². The first-order valence-corrected chi connectivity index (χ1v) is 27.6. The summed E-state index contributed by atoms with van der Waals surface area (Å²) in [4.78, 5) is 62.4. The summed E-state index contributed by atoms with van der Waals surface area (Å²) in [6.07, 6.45) is 0. The molecule has 4 aromatic carbocycles. The molecular weight excluding hydrogens is 1540 g/mol. The molecule has 20 nitrogen and oxygen atoms in total. The minimum absolute atomic E-state index is 0.0129. The lowest BCUT2D eigenvalue weighted by Crippen LogP contribution is -2.12. The summed E-state index contributed by atoms with van der Waals surface area (Å²) in [6.45, 7) is 0. The van der Waals surface area contributed by atoms with Crippen molar-refractivity contribution in [3.8, 4) is 68.0 Å². The predicted molar refractivity (Wildman–Crippen MR) is 328 cm³/mol. The Hall–Kier alpha value is -8.38. The molecule has 464 valence electrons. The number of carbonyl (C=O) groups excluding carboxylic acids is 4. The topological polar surface area (TPSA) is 298 Å². The van der Waals surface area contributed by atoms with Crippen molar-refractivity contribution in [1.82, 2.24) is 19.9 Å². The van der Waals surface area contributed by atoms with Gasteiger partial charge in [-0.3, -0.25) is 0 Å². The molecule has 0 aliphatic heterocycles. The summed E-state index contributed by atoms with van der Waals surface area (Å²) in [5.74, 6) is -11.9. The number of esters is 4. The number of nitrogens with two attached hydrogens (primary N) is 4. The average molecular weight is 1590 g/mol. The van der Waals surface area contributed by atoms with E-state index in [9.17, 15) is 54.3 Å². The lowest BCUT2D eigenvalue weighted by molar-refractivity contribution is 0.0581. The van der Waals surface area contributed by atoms with E-state index in [0.717, 1.165) is 50.2 Å². The van der Waals surface area contributed by atoms with Crippen LogP contribution in [-0.4, -0.2) is 101 Å². The molecule has 0 radical (unpaired) electrons. The maximum atomic E-state index is 14.4. The first-order chi connectivity index (χ1) is 41.6. The number of halogens is 12. The molecule has 8 N–H and O–H groups in total. The SMILES string of the molecule is COC(=O)c1nc(-c2ccc(Br)c(F)c2)c(F)c(N)c1OC.COC(=O)c1nc(-c2ccc(Br)cc2F)c(F)c(N)c1OC.COC(=O)c1nc(-c2ccc(I)c(F)c2F)c(F)c(N)c1OC.COC(=O)c1nc(-c2ccc(I)cc2)c(F)c(N)c1OC. The second kappa shape index (κ2) is 31.0. The number of nitrogens with zero attached hydrogens (tertiary/aromatic N) is 4. The van der Waals surface area contributed by atoms with Crippen LogP contribution in [0, 0.1) is 53.7 Å². The van der Waals surface area contributed by atoms with Gasteiger partial charge in [-0.2, -0.15) is 0 Å². The molecule has 0 saturated heterocycles. The van der Waals surface area contributed by atoms with Gasteiger partial charge in [0.15, 0.2) is 80.7 Å². The standard InChI is InChI=1S/2C14H11BrF2N2O3.C14H10F3IN2O3.C14H12FIN2O3/c1-21-13-10(18)9(17)11(19-12(13)14(20)22-2)7-4-3-6(15)5-8(7)16;1-21-13-10(18)9(17)11(19-12(13)14(20)22-2)6-3-4-7(15)8(16)5-6;1-22-13-10(19)9(17)11(20-12(13)14(21)23-2)5-3-4-6(18)8(16)7(5)15;1-20-13-10(17)9(15)11(18-12(13)14(19)21-2)7-3-5-8(16)6-4-7/h2*3-5H,1-2H3,(H2,18,19);3-4H,1-2H3,(H2,19,20);3-6H,1-2H3,(H2,17,18). The third-order valence-corrected chi connectivity index (χ3v) is 14.3. The van der Waals surface area contributed by atoms with Crippen LogP contribution in [0.2, 0.25) is 0 Å². The fourth-order valence-corrected chi connectivity index (χ4v) is 8.77. The van der Waals surface area contributed by atoms with Crippen molar-refractivity contribution in [3.63, 3.8) is 0 Å². The number of hydrogen-bond donors (Lipinski definition) is 4. The fourth-order valence-electron chi connectivity index (χ4n) is 7.41. The summed E-state index contributed by atoms with van der Waals surface area (Å²) >= 11 is 9.82. The van der Waals surface area contributed by atoms with Crippen LogP contribution < -0.4 is 41.9 Å². The van der Waals surface area contributed by atoms with Crippen LogP contribution in [0.4, 0.5) is 57.9 Å². The molecule has 32 heteroatoms.